The minimum absolute atomic E-state index is 0.0273. The number of thioether (sulfide) groups is 1. The van der Waals surface area contributed by atoms with Gasteiger partial charge in [0.05, 0.1) is 5.69 Å². The Morgan fingerprint density at radius 2 is 2.00 bits per heavy atom. The second-order valence-corrected chi connectivity index (χ2v) is 6.86. The van der Waals surface area contributed by atoms with Gasteiger partial charge in [-0.2, -0.15) is 0 Å². The van der Waals surface area contributed by atoms with Crippen molar-refractivity contribution in [3.8, 4) is 0 Å². The maximum atomic E-state index is 12.3. The van der Waals surface area contributed by atoms with E-state index in [0.717, 1.165) is 26.9 Å². The Labute approximate surface area is 152 Å². The molecule has 3 N–H and O–H groups in total. The van der Waals surface area contributed by atoms with Crippen LogP contribution in [0.5, 0.6) is 0 Å². The highest BCUT2D eigenvalue weighted by Gasteiger charge is 2.14. The van der Waals surface area contributed by atoms with Crippen LogP contribution in [0, 0.1) is 0 Å². The first-order chi connectivity index (χ1) is 11.6. The number of benzene rings is 2. The van der Waals surface area contributed by atoms with Crippen LogP contribution in [0.15, 0.2) is 66.1 Å². The van der Waals surface area contributed by atoms with Crippen LogP contribution in [-0.2, 0) is 4.79 Å². The van der Waals surface area contributed by atoms with Crippen LogP contribution in [0.2, 0.25) is 5.02 Å². The second-order valence-electron chi connectivity index (χ2n) is 5.39. The highest BCUT2D eigenvalue weighted by atomic mass is 35.5. The van der Waals surface area contributed by atoms with Crippen LogP contribution in [0.3, 0.4) is 0 Å². The zero-order valence-electron chi connectivity index (χ0n) is 13.7. The third kappa shape index (κ3) is 5.41. The lowest BCUT2D eigenvalue weighted by atomic mass is 10.1. The molecule has 1 atom stereocenters. The summed E-state index contributed by atoms with van der Waals surface area (Å²) in [6.45, 7) is 6.11. The van der Waals surface area contributed by atoms with Gasteiger partial charge in [-0.15, -0.1) is 18.3 Å². The molecule has 3 nitrogen and oxygen atoms in total. The fraction of sp³-hybridized carbons (Fsp3) is 0.211. The van der Waals surface area contributed by atoms with Gasteiger partial charge in [0.25, 0.3) is 5.91 Å². The van der Waals surface area contributed by atoms with Gasteiger partial charge >= 0.3 is 0 Å². The third-order valence-electron chi connectivity index (χ3n) is 3.57. The molecule has 0 saturated carbocycles. The molecule has 1 amide bonds. The van der Waals surface area contributed by atoms with E-state index in [1.165, 1.54) is 0 Å². The average molecular weight is 362 g/mol. The molecule has 2 rings (SSSR count). The summed E-state index contributed by atoms with van der Waals surface area (Å²) in [5, 5.41) is 5.69. The number of hydrogen-bond acceptors (Lipinski definition) is 2. The SMILES string of the molecule is C=CCSc1ccccc1NC(=O)C[NH2+][C@@H](C)c1ccccc1Cl. The van der Waals surface area contributed by atoms with E-state index in [9.17, 15) is 4.79 Å². The van der Waals surface area contributed by atoms with Gasteiger partial charge in [-0.05, 0) is 25.1 Å². The number of carbonyl (C=O) groups is 1. The molecule has 0 bridgehead atoms. The summed E-state index contributed by atoms with van der Waals surface area (Å²) >= 11 is 7.85. The molecule has 0 heterocycles. The van der Waals surface area contributed by atoms with E-state index in [0.29, 0.717) is 6.54 Å². The molecule has 2 aromatic carbocycles. The third-order valence-corrected chi connectivity index (χ3v) is 4.98. The largest absolute Gasteiger partial charge is 0.332 e. The molecule has 0 aliphatic heterocycles. The Morgan fingerprint density at radius 1 is 1.29 bits per heavy atom. The summed E-state index contributed by atoms with van der Waals surface area (Å²) in [7, 11) is 0. The number of nitrogens with two attached hydrogens (primary N) is 1. The van der Waals surface area contributed by atoms with Gasteiger partial charge in [0.15, 0.2) is 6.54 Å². The Bertz CT molecular complexity index is 705. The lowest BCUT2D eigenvalue weighted by Crippen LogP contribution is -2.86. The van der Waals surface area contributed by atoms with Crippen molar-refractivity contribution in [2.24, 2.45) is 0 Å². The van der Waals surface area contributed by atoms with Crippen LogP contribution < -0.4 is 10.6 Å². The summed E-state index contributed by atoms with van der Waals surface area (Å²) in [5.41, 5.74) is 1.88. The number of amides is 1. The minimum Gasteiger partial charge on any atom is -0.332 e. The number of rotatable bonds is 8. The molecule has 0 aromatic heterocycles. The predicted octanol–water partition coefficient (Wildman–Crippen LogP) is 3.88. The molecule has 2 aromatic rings. The Kier molecular flexibility index (Phi) is 7.37. The van der Waals surface area contributed by atoms with E-state index >= 15 is 0 Å². The number of anilines is 1. The lowest BCUT2D eigenvalue weighted by Gasteiger charge is -2.13. The van der Waals surface area contributed by atoms with Crippen molar-refractivity contribution in [3.05, 3.63) is 71.8 Å². The van der Waals surface area contributed by atoms with Gasteiger partial charge in [-0.25, -0.2) is 0 Å². The molecule has 0 aliphatic rings. The van der Waals surface area contributed by atoms with Crippen molar-refractivity contribution >= 4 is 35.0 Å². The second kappa shape index (κ2) is 9.52. The quantitative estimate of drug-likeness (QED) is 0.553. The highest BCUT2D eigenvalue weighted by Crippen LogP contribution is 2.26. The number of hydrogen-bond donors (Lipinski definition) is 2. The first-order valence-electron chi connectivity index (χ1n) is 7.82. The van der Waals surface area contributed by atoms with E-state index in [-0.39, 0.29) is 11.9 Å². The summed E-state index contributed by atoms with van der Waals surface area (Å²) in [6.07, 6.45) is 1.85. The molecular weight excluding hydrogens is 340 g/mol. The van der Waals surface area contributed by atoms with Crippen LogP contribution in [0.4, 0.5) is 5.69 Å². The van der Waals surface area contributed by atoms with Gasteiger partial charge in [-0.3, -0.25) is 4.79 Å². The van der Waals surface area contributed by atoms with Crippen molar-refractivity contribution in [1.29, 1.82) is 0 Å². The first kappa shape index (κ1) is 18.6. The van der Waals surface area contributed by atoms with Crippen LogP contribution in [0.25, 0.3) is 0 Å². The molecule has 0 fully saturated rings. The highest BCUT2D eigenvalue weighted by molar-refractivity contribution is 7.99. The summed E-state index contributed by atoms with van der Waals surface area (Å²) in [4.78, 5) is 13.3. The molecule has 24 heavy (non-hydrogen) atoms. The van der Waals surface area contributed by atoms with Crippen molar-refractivity contribution in [2.45, 2.75) is 17.9 Å². The maximum Gasteiger partial charge on any atom is 0.279 e. The van der Waals surface area contributed by atoms with Crippen LogP contribution in [0.1, 0.15) is 18.5 Å². The lowest BCUT2D eigenvalue weighted by molar-refractivity contribution is -0.682. The zero-order valence-corrected chi connectivity index (χ0v) is 15.2. The molecular formula is C19H22ClN2OS+. The first-order valence-corrected chi connectivity index (χ1v) is 9.18. The fourth-order valence-electron chi connectivity index (χ4n) is 2.30. The van der Waals surface area contributed by atoms with Crippen LogP contribution in [-0.4, -0.2) is 18.2 Å². The standard InChI is InChI=1S/C19H21ClN2OS/c1-3-12-24-18-11-7-6-10-17(18)22-19(23)13-21-14(2)15-8-4-5-9-16(15)20/h3-11,14,21H,1,12-13H2,2H3,(H,22,23)/p+1/t14-/m0/s1. The molecule has 126 valence electrons. The predicted molar refractivity (Wildman–Crippen MR) is 103 cm³/mol. The number of quaternary nitrogens is 1. The molecule has 0 unspecified atom stereocenters. The number of para-hydroxylation sites is 1. The van der Waals surface area contributed by atoms with Crippen molar-refractivity contribution in [2.75, 3.05) is 17.6 Å². The van der Waals surface area contributed by atoms with Crippen LogP contribution >= 0.6 is 23.4 Å². The topological polar surface area (TPSA) is 45.7 Å². The van der Waals surface area contributed by atoms with E-state index < -0.39 is 0 Å². The molecule has 0 radical (unpaired) electrons. The number of carbonyl (C=O) groups excluding carboxylic acids is 1. The van der Waals surface area contributed by atoms with E-state index in [4.69, 9.17) is 11.6 Å². The summed E-state index contributed by atoms with van der Waals surface area (Å²) < 4.78 is 0. The van der Waals surface area contributed by atoms with Gasteiger partial charge in [0, 0.05) is 21.2 Å². The smallest absolute Gasteiger partial charge is 0.279 e. The average Bonchev–Trinajstić information content (AvgIpc) is 2.59. The van der Waals surface area contributed by atoms with Gasteiger partial charge in [0.1, 0.15) is 6.04 Å². The normalized spacial score (nSPS) is 11.8. The Morgan fingerprint density at radius 3 is 2.75 bits per heavy atom. The van der Waals surface area contributed by atoms with E-state index in [2.05, 4.69) is 11.9 Å². The number of halogens is 1. The Hall–Kier alpha value is -1.75. The van der Waals surface area contributed by atoms with E-state index in [1.54, 1.807) is 11.8 Å². The van der Waals surface area contributed by atoms with Crippen molar-refractivity contribution in [1.82, 2.24) is 0 Å². The molecule has 0 aliphatic carbocycles. The monoisotopic (exact) mass is 361 g/mol. The Balaban J connectivity index is 1.92. The van der Waals surface area contributed by atoms with Crippen molar-refractivity contribution in [3.63, 3.8) is 0 Å². The summed E-state index contributed by atoms with van der Waals surface area (Å²) in [5.74, 6) is 0.781. The van der Waals surface area contributed by atoms with Gasteiger partial charge in [-0.1, -0.05) is 48.0 Å². The van der Waals surface area contributed by atoms with Crippen molar-refractivity contribution < 1.29 is 10.1 Å². The van der Waals surface area contributed by atoms with Gasteiger partial charge < -0.3 is 10.6 Å². The minimum atomic E-state index is -0.0273. The summed E-state index contributed by atoms with van der Waals surface area (Å²) in [6, 6.07) is 15.6. The molecule has 0 spiro atoms. The maximum absolute atomic E-state index is 12.3. The number of nitrogens with one attached hydrogen (secondary N) is 1. The fourth-order valence-corrected chi connectivity index (χ4v) is 3.36. The molecule has 0 saturated heterocycles. The van der Waals surface area contributed by atoms with Gasteiger partial charge in [0.2, 0.25) is 0 Å². The zero-order chi connectivity index (χ0) is 17.4. The van der Waals surface area contributed by atoms with E-state index in [1.807, 2.05) is 66.8 Å². The molecule has 5 heteroatoms.